The number of nitrogens with one attached hydrogen (secondary N) is 1. The first-order valence-electron chi connectivity index (χ1n) is 7.88. The average Bonchev–Trinajstić information content (AvgIpc) is 2.61. The molecule has 0 radical (unpaired) electrons. The predicted octanol–water partition coefficient (Wildman–Crippen LogP) is 3.87. The molecule has 0 aliphatic heterocycles. The van der Waals surface area contributed by atoms with Gasteiger partial charge in [0, 0.05) is 11.1 Å². The standard InChI is InChI=1S/C19H19ClN2O3/c1-3-24-18-10-14(11-21)4-9-17(18)25-12-19(23)22-13(2)15-5-7-16(20)8-6-15/h4-10,13H,3,12H2,1-2H3,(H,22,23). The number of carbonyl (C=O) groups is 1. The first kappa shape index (κ1) is 18.6. The van der Waals surface area contributed by atoms with E-state index >= 15 is 0 Å². The van der Waals surface area contributed by atoms with E-state index in [9.17, 15) is 4.79 Å². The Bertz CT molecular complexity index is 769. The maximum absolute atomic E-state index is 12.1. The molecule has 1 atom stereocenters. The highest BCUT2D eigenvalue weighted by Crippen LogP contribution is 2.28. The summed E-state index contributed by atoms with van der Waals surface area (Å²) in [5.41, 5.74) is 1.42. The largest absolute Gasteiger partial charge is 0.490 e. The molecule has 0 spiro atoms. The van der Waals surface area contributed by atoms with E-state index in [4.69, 9.17) is 26.3 Å². The topological polar surface area (TPSA) is 71.3 Å². The average molecular weight is 359 g/mol. The van der Waals surface area contributed by atoms with E-state index in [1.807, 2.05) is 32.0 Å². The van der Waals surface area contributed by atoms with E-state index in [0.717, 1.165) is 5.56 Å². The van der Waals surface area contributed by atoms with Crippen molar-refractivity contribution in [2.75, 3.05) is 13.2 Å². The number of halogens is 1. The normalized spacial score (nSPS) is 11.3. The number of nitrogens with zero attached hydrogens (tertiary/aromatic N) is 1. The fourth-order valence-corrected chi connectivity index (χ4v) is 2.35. The van der Waals surface area contributed by atoms with Crippen LogP contribution in [0.15, 0.2) is 42.5 Å². The summed E-state index contributed by atoms with van der Waals surface area (Å²) in [6, 6.07) is 14.0. The van der Waals surface area contributed by atoms with Crippen molar-refractivity contribution < 1.29 is 14.3 Å². The molecule has 0 fully saturated rings. The molecule has 25 heavy (non-hydrogen) atoms. The third-order valence-electron chi connectivity index (χ3n) is 3.48. The number of hydrogen-bond donors (Lipinski definition) is 1. The van der Waals surface area contributed by atoms with Crippen molar-refractivity contribution in [3.05, 3.63) is 58.6 Å². The number of hydrogen-bond acceptors (Lipinski definition) is 4. The first-order valence-corrected chi connectivity index (χ1v) is 8.26. The van der Waals surface area contributed by atoms with Crippen LogP contribution in [0.2, 0.25) is 5.02 Å². The van der Waals surface area contributed by atoms with Crippen molar-refractivity contribution in [3.8, 4) is 17.6 Å². The summed E-state index contributed by atoms with van der Waals surface area (Å²) in [4.78, 5) is 12.1. The molecule has 130 valence electrons. The van der Waals surface area contributed by atoms with E-state index in [1.165, 1.54) is 0 Å². The van der Waals surface area contributed by atoms with Gasteiger partial charge in [-0.2, -0.15) is 5.26 Å². The van der Waals surface area contributed by atoms with E-state index in [-0.39, 0.29) is 18.6 Å². The number of benzene rings is 2. The number of carbonyl (C=O) groups excluding carboxylic acids is 1. The van der Waals surface area contributed by atoms with Crippen LogP contribution < -0.4 is 14.8 Å². The lowest BCUT2D eigenvalue weighted by Crippen LogP contribution is -2.31. The Balaban J connectivity index is 1.95. The Kier molecular flexibility index (Phi) is 6.67. The fourth-order valence-electron chi connectivity index (χ4n) is 2.23. The van der Waals surface area contributed by atoms with Crippen LogP contribution in [0.3, 0.4) is 0 Å². The fraction of sp³-hybridized carbons (Fsp3) is 0.263. The van der Waals surface area contributed by atoms with Crippen LogP contribution in [0.5, 0.6) is 11.5 Å². The summed E-state index contributed by atoms with van der Waals surface area (Å²) in [6.45, 7) is 4.01. The summed E-state index contributed by atoms with van der Waals surface area (Å²) in [6.07, 6.45) is 0. The van der Waals surface area contributed by atoms with Gasteiger partial charge in [0.25, 0.3) is 5.91 Å². The van der Waals surface area contributed by atoms with Gasteiger partial charge in [0.2, 0.25) is 0 Å². The minimum Gasteiger partial charge on any atom is -0.490 e. The minimum atomic E-state index is -0.255. The lowest BCUT2D eigenvalue weighted by atomic mass is 10.1. The lowest BCUT2D eigenvalue weighted by Gasteiger charge is -2.16. The second kappa shape index (κ2) is 8.95. The van der Waals surface area contributed by atoms with Crippen molar-refractivity contribution in [3.63, 3.8) is 0 Å². The van der Waals surface area contributed by atoms with E-state index < -0.39 is 0 Å². The van der Waals surface area contributed by atoms with Crippen LogP contribution in [0.4, 0.5) is 0 Å². The summed E-state index contributed by atoms with van der Waals surface area (Å²) in [7, 11) is 0. The van der Waals surface area contributed by atoms with Gasteiger partial charge in [0.15, 0.2) is 18.1 Å². The van der Waals surface area contributed by atoms with Gasteiger partial charge >= 0.3 is 0 Å². The van der Waals surface area contributed by atoms with Crippen molar-refractivity contribution >= 4 is 17.5 Å². The number of ether oxygens (including phenoxy) is 2. The molecular weight excluding hydrogens is 340 g/mol. The molecule has 0 aliphatic rings. The third-order valence-corrected chi connectivity index (χ3v) is 3.73. The Morgan fingerprint density at radius 3 is 2.56 bits per heavy atom. The molecule has 1 amide bonds. The zero-order valence-corrected chi connectivity index (χ0v) is 14.8. The van der Waals surface area contributed by atoms with Gasteiger partial charge in [-0.1, -0.05) is 23.7 Å². The van der Waals surface area contributed by atoms with Gasteiger partial charge in [0.1, 0.15) is 0 Å². The predicted molar refractivity (Wildman–Crippen MR) is 95.8 cm³/mol. The summed E-state index contributed by atoms with van der Waals surface area (Å²) < 4.78 is 11.0. The molecule has 2 aromatic rings. The summed E-state index contributed by atoms with van der Waals surface area (Å²) in [5.74, 6) is 0.615. The van der Waals surface area contributed by atoms with Crippen LogP contribution in [0.25, 0.3) is 0 Å². The molecule has 0 aromatic heterocycles. The van der Waals surface area contributed by atoms with Gasteiger partial charge in [0.05, 0.1) is 24.3 Å². The SMILES string of the molecule is CCOc1cc(C#N)ccc1OCC(=O)NC(C)c1ccc(Cl)cc1. The van der Waals surface area contributed by atoms with Crippen molar-refractivity contribution in [2.45, 2.75) is 19.9 Å². The quantitative estimate of drug-likeness (QED) is 0.815. The second-order valence-corrected chi connectivity index (χ2v) is 5.77. The molecule has 1 N–H and O–H groups in total. The highest BCUT2D eigenvalue weighted by molar-refractivity contribution is 6.30. The van der Waals surface area contributed by atoms with E-state index in [1.54, 1.807) is 30.3 Å². The maximum atomic E-state index is 12.1. The van der Waals surface area contributed by atoms with E-state index in [0.29, 0.717) is 28.7 Å². The smallest absolute Gasteiger partial charge is 0.258 e. The van der Waals surface area contributed by atoms with Crippen molar-refractivity contribution in [1.82, 2.24) is 5.32 Å². The summed E-state index contributed by atoms with van der Waals surface area (Å²) in [5, 5.41) is 12.5. The molecule has 6 heteroatoms. The van der Waals surface area contributed by atoms with Crippen LogP contribution >= 0.6 is 11.6 Å². The molecule has 0 saturated carbocycles. The van der Waals surface area contributed by atoms with E-state index in [2.05, 4.69) is 5.32 Å². The molecule has 1 unspecified atom stereocenters. The Labute approximate surface area is 152 Å². The first-order chi connectivity index (χ1) is 12.0. The highest BCUT2D eigenvalue weighted by Gasteiger charge is 2.12. The molecule has 2 rings (SSSR count). The molecule has 5 nitrogen and oxygen atoms in total. The molecular formula is C19H19ClN2O3. The van der Waals surface area contributed by atoms with Crippen molar-refractivity contribution in [1.29, 1.82) is 5.26 Å². The van der Waals surface area contributed by atoms with Gasteiger partial charge in [-0.15, -0.1) is 0 Å². The van der Waals surface area contributed by atoms with Gasteiger partial charge in [-0.3, -0.25) is 4.79 Å². The van der Waals surface area contributed by atoms with Gasteiger partial charge in [-0.25, -0.2) is 0 Å². The number of amides is 1. The Morgan fingerprint density at radius 2 is 1.92 bits per heavy atom. The highest BCUT2D eigenvalue weighted by atomic mass is 35.5. The Hall–Kier alpha value is -2.71. The lowest BCUT2D eigenvalue weighted by molar-refractivity contribution is -0.123. The molecule has 0 aliphatic carbocycles. The molecule has 0 saturated heterocycles. The maximum Gasteiger partial charge on any atom is 0.258 e. The van der Waals surface area contributed by atoms with Gasteiger partial charge in [-0.05, 0) is 43.7 Å². The number of rotatable bonds is 7. The second-order valence-electron chi connectivity index (χ2n) is 5.34. The minimum absolute atomic E-state index is 0.149. The van der Waals surface area contributed by atoms with Crippen LogP contribution in [0, 0.1) is 11.3 Å². The zero-order chi connectivity index (χ0) is 18.2. The van der Waals surface area contributed by atoms with Crippen molar-refractivity contribution in [2.24, 2.45) is 0 Å². The Morgan fingerprint density at radius 1 is 1.20 bits per heavy atom. The van der Waals surface area contributed by atoms with Gasteiger partial charge < -0.3 is 14.8 Å². The molecule has 2 aromatic carbocycles. The van der Waals surface area contributed by atoms with Crippen LogP contribution in [-0.2, 0) is 4.79 Å². The molecule has 0 heterocycles. The third kappa shape index (κ3) is 5.40. The summed E-state index contributed by atoms with van der Waals surface area (Å²) >= 11 is 5.86. The zero-order valence-electron chi connectivity index (χ0n) is 14.1. The molecule has 0 bridgehead atoms. The van der Waals surface area contributed by atoms with Crippen LogP contribution in [0.1, 0.15) is 31.0 Å². The monoisotopic (exact) mass is 358 g/mol. The van der Waals surface area contributed by atoms with Crippen LogP contribution in [-0.4, -0.2) is 19.1 Å². The number of nitriles is 1.